The number of carbonyl (C=O) groups is 1. The van der Waals surface area contributed by atoms with Crippen molar-refractivity contribution in [3.63, 3.8) is 0 Å². The highest BCUT2D eigenvalue weighted by Crippen LogP contribution is 2.20. The molecule has 7 heteroatoms. The summed E-state index contributed by atoms with van der Waals surface area (Å²) in [7, 11) is 0. The van der Waals surface area contributed by atoms with E-state index in [1.165, 1.54) is 6.92 Å². The molecule has 0 saturated heterocycles. The number of rotatable bonds is 5. The van der Waals surface area contributed by atoms with E-state index in [0.717, 1.165) is 12.1 Å². The zero-order chi connectivity index (χ0) is 14.6. The molecule has 1 amide bonds. The summed E-state index contributed by atoms with van der Waals surface area (Å²) < 4.78 is 13.8. The van der Waals surface area contributed by atoms with Crippen molar-refractivity contribution in [1.82, 2.24) is 5.32 Å². The fourth-order valence-electron chi connectivity index (χ4n) is 1.47. The van der Waals surface area contributed by atoms with E-state index in [0.29, 0.717) is 6.42 Å². The van der Waals surface area contributed by atoms with Crippen LogP contribution in [-0.4, -0.2) is 28.6 Å². The molecule has 0 saturated carbocycles. The summed E-state index contributed by atoms with van der Waals surface area (Å²) in [5, 5.41) is 22.3. The molecule has 6 nitrogen and oxygen atoms in total. The summed E-state index contributed by atoms with van der Waals surface area (Å²) in [6, 6.07) is 1.95. The highest BCUT2D eigenvalue weighted by molar-refractivity contribution is 5.95. The number of nitro groups is 1. The van der Waals surface area contributed by atoms with Crippen LogP contribution >= 0.6 is 0 Å². The van der Waals surface area contributed by atoms with E-state index >= 15 is 0 Å². The number of halogens is 1. The van der Waals surface area contributed by atoms with Crippen LogP contribution in [0.15, 0.2) is 12.1 Å². The summed E-state index contributed by atoms with van der Waals surface area (Å²) >= 11 is 0. The van der Waals surface area contributed by atoms with Crippen molar-refractivity contribution >= 4 is 11.6 Å². The molecular formula is C12H15FN2O4. The van der Waals surface area contributed by atoms with E-state index in [-0.39, 0.29) is 17.8 Å². The predicted molar refractivity (Wildman–Crippen MR) is 66.4 cm³/mol. The van der Waals surface area contributed by atoms with Gasteiger partial charge in [-0.25, -0.2) is 4.39 Å². The van der Waals surface area contributed by atoms with Gasteiger partial charge in [-0.2, -0.15) is 0 Å². The summed E-state index contributed by atoms with van der Waals surface area (Å²) in [5.41, 5.74) is -0.717. The quantitative estimate of drug-likeness (QED) is 0.627. The third kappa shape index (κ3) is 3.72. The lowest BCUT2D eigenvalue weighted by Crippen LogP contribution is -2.32. The Morgan fingerprint density at radius 2 is 2.21 bits per heavy atom. The summed E-state index contributed by atoms with van der Waals surface area (Å²) in [5.74, 6) is -1.58. The zero-order valence-electron chi connectivity index (χ0n) is 10.6. The Balaban J connectivity index is 2.98. The smallest absolute Gasteiger partial charge is 0.270 e. The summed E-state index contributed by atoms with van der Waals surface area (Å²) in [6.45, 7) is 3.05. The maximum absolute atomic E-state index is 13.8. The number of nitrogens with one attached hydrogen (secondary N) is 1. The van der Waals surface area contributed by atoms with Gasteiger partial charge in [0, 0.05) is 18.7 Å². The minimum absolute atomic E-state index is 0.0235. The zero-order valence-corrected chi connectivity index (χ0v) is 10.6. The number of non-ortho nitro benzene ring substituents is 1. The minimum Gasteiger partial charge on any atom is -0.391 e. The van der Waals surface area contributed by atoms with Gasteiger partial charge in [-0.15, -0.1) is 0 Å². The standard InChI is InChI=1S/C12H15FN2O4/c1-3-9(16)6-14-12(17)10-5-8(15(18)19)4-7(2)11(10)13/h4-5,9,16H,3,6H2,1-2H3,(H,14,17). The van der Waals surface area contributed by atoms with Crippen LogP contribution in [-0.2, 0) is 0 Å². The first-order valence-corrected chi connectivity index (χ1v) is 5.77. The lowest BCUT2D eigenvalue weighted by Gasteiger charge is -2.10. The average Bonchev–Trinajstić information content (AvgIpc) is 2.38. The molecule has 1 aromatic rings. The van der Waals surface area contributed by atoms with Crippen LogP contribution in [0.1, 0.15) is 29.3 Å². The number of carbonyl (C=O) groups excluding carboxylic acids is 1. The molecule has 0 aliphatic carbocycles. The Kier molecular flexibility index (Phi) is 4.94. The molecule has 19 heavy (non-hydrogen) atoms. The molecule has 1 rings (SSSR count). The Hall–Kier alpha value is -2.02. The molecule has 1 unspecified atom stereocenters. The number of aliphatic hydroxyl groups excluding tert-OH is 1. The van der Waals surface area contributed by atoms with Crippen LogP contribution in [0.5, 0.6) is 0 Å². The number of aliphatic hydroxyl groups is 1. The second-order valence-corrected chi connectivity index (χ2v) is 4.15. The fraction of sp³-hybridized carbons (Fsp3) is 0.417. The molecule has 0 aliphatic rings. The van der Waals surface area contributed by atoms with Crippen molar-refractivity contribution < 1.29 is 19.2 Å². The van der Waals surface area contributed by atoms with E-state index in [9.17, 15) is 24.4 Å². The number of aryl methyl sites for hydroxylation is 1. The normalized spacial score (nSPS) is 12.0. The molecule has 2 N–H and O–H groups in total. The van der Waals surface area contributed by atoms with Gasteiger partial charge in [-0.3, -0.25) is 14.9 Å². The molecule has 104 valence electrons. The van der Waals surface area contributed by atoms with Crippen LogP contribution in [0.2, 0.25) is 0 Å². The van der Waals surface area contributed by atoms with E-state index in [4.69, 9.17) is 0 Å². The lowest BCUT2D eigenvalue weighted by atomic mass is 10.1. The molecule has 0 heterocycles. The largest absolute Gasteiger partial charge is 0.391 e. The van der Waals surface area contributed by atoms with Gasteiger partial charge in [0.25, 0.3) is 11.6 Å². The molecule has 1 atom stereocenters. The Morgan fingerprint density at radius 3 is 2.74 bits per heavy atom. The molecule has 0 fully saturated rings. The van der Waals surface area contributed by atoms with Crippen LogP contribution in [0.3, 0.4) is 0 Å². The summed E-state index contributed by atoms with van der Waals surface area (Å²) in [6.07, 6.45) is -0.289. The second kappa shape index (κ2) is 6.24. The first-order valence-electron chi connectivity index (χ1n) is 5.77. The SMILES string of the molecule is CCC(O)CNC(=O)c1cc([N+](=O)[O-])cc(C)c1F. The second-order valence-electron chi connectivity index (χ2n) is 4.15. The average molecular weight is 270 g/mol. The van der Waals surface area contributed by atoms with Crippen molar-refractivity contribution in [2.45, 2.75) is 26.4 Å². The van der Waals surface area contributed by atoms with Gasteiger partial charge < -0.3 is 10.4 Å². The first-order chi connectivity index (χ1) is 8.86. The lowest BCUT2D eigenvalue weighted by molar-refractivity contribution is -0.385. The van der Waals surface area contributed by atoms with Crippen molar-refractivity contribution in [3.05, 3.63) is 39.2 Å². The number of amides is 1. The monoisotopic (exact) mass is 270 g/mol. The van der Waals surface area contributed by atoms with Crippen molar-refractivity contribution in [1.29, 1.82) is 0 Å². The highest BCUT2D eigenvalue weighted by Gasteiger charge is 2.19. The topological polar surface area (TPSA) is 92.5 Å². The Labute approximate surface area is 109 Å². The first kappa shape index (κ1) is 15.0. The number of hydrogen-bond donors (Lipinski definition) is 2. The van der Waals surface area contributed by atoms with Gasteiger partial charge >= 0.3 is 0 Å². The molecule has 1 aromatic carbocycles. The Morgan fingerprint density at radius 1 is 1.58 bits per heavy atom. The third-order valence-electron chi connectivity index (χ3n) is 2.66. The van der Waals surface area contributed by atoms with Crippen molar-refractivity contribution in [3.8, 4) is 0 Å². The van der Waals surface area contributed by atoms with Gasteiger partial charge in [-0.05, 0) is 18.9 Å². The van der Waals surface area contributed by atoms with Gasteiger partial charge in [0.15, 0.2) is 0 Å². The summed E-state index contributed by atoms with van der Waals surface area (Å²) in [4.78, 5) is 21.7. The van der Waals surface area contributed by atoms with E-state index in [1.54, 1.807) is 6.92 Å². The number of nitro benzene ring substituents is 1. The molecule has 0 bridgehead atoms. The fourth-order valence-corrected chi connectivity index (χ4v) is 1.47. The predicted octanol–water partition coefficient (Wildman–Crippen LogP) is 1.54. The molecular weight excluding hydrogens is 255 g/mol. The van der Waals surface area contributed by atoms with Crippen LogP contribution in [0.4, 0.5) is 10.1 Å². The van der Waals surface area contributed by atoms with Crippen LogP contribution in [0.25, 0.3) is 0 Å². The van der Waals surface area contributed by atoms with Gasteiger partial charge in [0.05, 0.1) is 16.6 Å². The molecule has 0 aromatic heterocycles. The Bertz CT molecular complexity index is 505. The van der Waals surface area contributed by atoms with Crippen LogP contribution in [0, 0.1) is 22.9 Å². The van der Waals surface area contributed by atoms with Gasteiger partial charge in [-0.1, -0.05) is 6.92 Å². The maximum atomic E-state index is 13.8. The molecule has 0 spiro atoms. The molecule has 0 radical (unpaired) electrons. The van der Waals surface area contributed by atoms with Gasteiger partial charge in [0.1, 0.15) is 5.82 Å². The number of hydrogen-bond acceptors (Lipinski definition) is 4. The van der Waals surface area contributed by atoms with Crippen molar-refractivity contribution in [2.24, 2.45) is 0 Å². The van der Waals surface area contributed by atoms with E-state index in [1.807, 2.05) is 0 Å². The minimum atomic E-state index is -0.797. The van der Waals surface area contributed by atoms with Gasteiger partial charge in [0.2, 0.25) is 0 Å². The number of benzene rings is 1. The number of nitrogens with zero attached hydrogens (tertiary/aromatic N) is 1. The van der Waals surface area contributed by atoms with E-state index < -0.39 is 28.3 Å². The highest BCUT2D eigenvalue weighted by atomic mass is 19.1. The van der Waals surface area contributed by atoms with E-state index in [2.05, 4.69) is 5.32 Å². The third-order valence-corrected chi connectivity index (χ3v) is 2.66. The molecule has 0 aliphatic heterocycles. The van der Waals surface area contributed by atoms with Crippen molar-refractivity contribution in [2.75, 3.05) is 6.54 Å². The maximum Gasteiger partial charge on any atom is 0.270 e. The van der Waals surface area contributed by atoms with Crippen LogP contribution < -0.4 is 5.32 Å².